The largest absolute Gasteiger partial charge is 0.368 e. The lowest BCUT2D eigenvalue weighted by molar-refractivity contribution is -0.130. The van der Waals surface area contributed by atoms with Gasteiger partial charge in [0, 0.05) is 13.3 Å². The van der Waals surface area contributed by atoms with Gasteiger partial charge in [0.25, 0.3) is 0 Å². The van der Waals surface area contributed by atoms with Gasteiger partial charge in [0.15, 0.2) is 0 Å². The van der Waals surface area contributed by atoms with Crippen molar-refractivity contribution in [1.82, 2.24) is 10.6 Å². The maximum atomic E-state index is 11.6. The molecule has 0 unspecified atom stereocenters. The average Bonchev–Trinajstić information content (AvgIpc) is 2.16. The van der Waals surface area contributed by atoms with Crippen molar-refractivity contribution >= 4 is 17.7 Å². The Balaban J connectivity index is 4.44. The Labute approximate surface area is 93.9 Å². The number of terminal acetylenes is 1. The molecule has 0 aromatic heterocycles. The van der Waals surface area contributed by atoms with Crippen LogP contribution in [0.5, 0.6) is 0 Å². The Hall–Kier alpha value is -2.03. The van der Waals surface area contributed by atoms with E-state index in [-0.39, 0.29) is 12.3 Å². The van der Waals surface area contributed by atoms with Crippen molar-refractivity contribution in [2.45, 2.75) is 32.4 Å². The Kier molecular flexibility index (Phi) is 5.63. The summed E-state index contributed by atoms with van der Waals surface area (Å²) in [6.07, 6.45) is 5.11. The third-order valence-corrected chi connectivity index (χ3v) is 1.80. The van der Waals surface area contributed by atoms with Gasteiger partial charge in [-0.1, -0.05) is 0 Å². The first-order valence-electron chi connectivity index (χ1n) is 4.68. The molecular formula is C10H15N3O3. The van der Waals surface area contributed by atoms with E-state index in [9.17, 15) is 14.4 Å². The molecule has 6 nitrogen and oxygen atoms in total. The summed E-state index contributed by atoms with van der Waals surface area (Å²) in [6, 6.07) is -1.65. The fraction of sp³-hybridized carbons (Fsp3) is 0.500. The first kappa shape index (κ1) is 14.0. The number of hydrogen-bond donors (Lipinski definition) is 3. The lowest BCUT2D eigenvalue weighted by Gasteiger charge is -2.17. The minimum atomic E-state index is -0.843. The number of amides is 3. The molecule has 0 aliphatic rings. The maximum Gasteiger partial charge on any atom is 0.244 e. The molecule has 4 N–H and O–H groups in total. The number of carbonyl (C=O) groups excluding carboxylic acids is 3. The van der Waals surface area contributed by atoms with E-state index in [1.54, 1.807) is 0 Å². The summed E-state index contributed by atoms with van der Waals surface area (Å²) in [5.74, 6) is 0.707. The van der Waals surface area contributed by atoms with Gasteiger partial charge in [-0.2, -0.15) is 0 Å². The van der Waals surface area contributed by atoms with E-state index in [0.717, 1.165) is 0 Å². The molecule has 2 atom stereocenters. The summed E-state index contributed by atoms with van der Waals surface area (Å²) in [4.78, 5) is 33.1. The van der Waals surface area contributed by atoms with Crippen LogP contribution in [0.4, 0.5) is 0 Å². The van der Waals surface area contributed by atoms with Crippen LogP contribution in [0.3, 0.4) is 0 Å². The van der Waals surface area contributed by atoms with E-state index in [0.29, 0.717) is 0 Å². The maximum absolute atomic E-state index is 11.6. The van der Waals surface area contributed by atoms with Crippen LogP contribution in [0.1, 0.15) is 20.3 Å². The molecule has 0 rings (SSSR count). The highest BCUT2D eigenvalue weighted by Crippen LogP contribution is 1.92. The summed E-state index contributed by atoms with van der Waals surface area (Å²) in [5.41, 5.74) is 4.98. The molecule has 0 aromatic rings. The summed E-state index contributed by atoms with van der Waals surface area (Å²) >= 11 is 0. The van der Waals surface area contributed by atoms with Gasteiger partial charge < -0.3 is 16.4 Å². The highest BCUT2D eigenvalue weighted by Gasteiger charge is 2.21. The van der Waals surface area contributed by atoms with Gasteiger partial charge in [-0.3, -0.25) is 14.4 Å². The number of nitrogens with one attached hydrogen (secondary N) is 2. The van der Waals surface area contributed by atoms with Crippen LogP contribution in [0, 0.1) is 12.3 Å². The van der Waals surface area contributed by atoms with Crippen LogP contribution in [0.2, 0.25) is 0 Å². The standard InChI is InChI=1S/C10H15N3O3/c1-4-5-8(13-7(3)14)10(16)12-6(2)9(11)15/h1,6,8H,5H2,2-3H3,(H2,11,15)(H,12,16)(H,13,14)/t6-,8-/m1/s1. The van der Waals surface area contributed by atoms with E-state index in [1.165, 1.54) is 13.8 Å². The lowest BCUT2D eigenvalue weighted by atomic mass is 10.2. The molecule has 0 saturated carbocycles. The molecule has 0 radical (unpaired) electrons. The Morgan fingerprint density at radius 3 is 2.31 bits per heavy atom. The third kappa shape index (κ3) is 5.00. The highest BCUT2D eigenvalue weighted by atomic mass is 16.2. The Morgan fingerprint density at radius 2 is 1.94 bits per heavy atom. The minimum Gasteiger partial charge on any atom is -0.368 e. The quantitative estimate of drug-likeness (QED) is 0.496. The fourth-order valence-electron chi connectivity index (χ4n) is 0.958. The molecule has 6 heteroatoms. The number of hydrogen-bond acceptors (Lipinski definition) is 3. The Morgan fingerprint density at radius 1 is 1.38 bits per heavy atom. The topological polar surface area (TPSA) is 101 Å². The number of rotatable bonds is 5. The van der Waals surface area contributed by atoms with Gasteiger partial charge in [-0.15, -0.1) is 12.3 Å². The smallest absolute Gasteiger partial charge is 0.244 e. The number of carbonyl (C=O) groups is 3. The molecule has 0 saturated heterocycles. The number of nitrogens with two attached hydrogens (primary N) is 1. The molecule has 0 heterocycles. The molecule has 88 valence electrons. The molecular weight excluding hydrogens is 210 g/mol. The van der Waals surface area contributed by atoms with Crippen molar-refractivity contribution in [1.29, 1.82) is 0 Å². The summed E-state index contributed by atoms with van der Waals surface area (Å²) in [6.45, 7) is 2.72. The summed E-state index contributed by atoms with van der Waals surface area (Å²) in [5, 5.41) is 4.73. The van der Waals surface area contributed by atoms with Crippen LogP contribution >= 0.6 is 0 Å². The van der Waals surface area contributed by atoms with E-state index in [4.69, 9.17) is 12.2 Å². The summed E-state index contributed by atoms with van der Waals surface area (Å²) in [7, 11) is 0. The van der Waals surface area contributed by atoms with E-state index in [2.05, 4.69) is 16.6 Å². The van der Waals surface area contributed by atoms with Gasteiger partial charge in [-0.25, -0.2) is 0 Å². The van der Waals surface area contributed by atoms with Crippen molar-refractivity contribution in [3.63, 3.8) is 0 Å². The van der Waals surface area contributed by atoms with Crippen LogP contribution < -0.4 is 16.4 Å². The van der Waals surface area contributed by atoms with Crippen molar-refractivity contribution in [3.05, 3.63) is 0 Å². The van der Waals surface area contributed by atoms with Crippen LogP contribution in [0.15, 0.2) is 0 Å². The second kappa shape index (κ2) is 6.45. The predicted molar refractivity (Wildman–Crippen MR) is 57.9 cm³/mol. The van der Waals surface area contributed by atoms with Gasteiger partial charge in [0.2, 0.25) is 17.7 Å². The van der Waals surface area contributed by atoms with Gasteiger partial charge in [0.05, 0.1) is 0 Å². The predicted octanol–water partition coefficient (Wildman–Crippen LogP) is -1.50. The van der Waals surface area contributed by atoms with Gasteiger partial charge in [0.1, 0.15) is 12.1 Å². The van der Waals surface area contributed by atoms with Crippen molar-refractivity contribution in [2.75, 3.05) is 0 Å². The molecule has 0 aromatic carbocycles. The SMILES string of the molecule is C#CC[C@@H](NC(C)=O)C(=O)N[C@H](C)C(N)=O. The second-order valence-electron chi connectivity index (χ2n) is 3.29. The van der Waals surface area contributed by atoms with Crippen LogP contribution in [-0.4, -0.2) is 29.8 Å². The van der Waals surface area contributed by atoms with Crippen LogP contribution in [-0.2, 0) is 14.4 Å². The second-order valence-corrected chi connectivity index (χ2v) is 3.29. The molecule has 0 spiro atoms. The minimum absolute atomic E-state index is 0.0525. The average molecular weight is 225 g/mol. The molecule has 16 heavy (non-hydrogen) atoms. The molecule has 0 aliphatic heterocycles. The zero-order chi connectivity index (χ0) is 12.7. The van der Waals surface area contributed by atoms with Crippen molar-refractivity contribution in [3.8, 4) is 12.3 Å². The molecule has 0 aliphatic carbocycles. The fourth-order valence-corrected chi connectivity index (χ4v) is 0.958. The van der Waals surface area contributed by atoms with Crippen LogP contribution in [0.25, 0.3) is 0 Å². The molecule has 0 fully saturated rings. The van der Waals surface area contributed by atoms with Crippen molar-refractivity contribution in [2.24, 2.45) is 5.73 Å². The first-order chi connectivity index (χ1) is 7.38. The summed E-state index contributed by atoms with van der Waals surface area (Å²) < 4.78 is 0. The zero-order valence-corrected chi connectivity index (χ0v) is 9.24. The van der Waals surface area contributed by atoms with E-state index in [1.807, 2.05) is 0 Å². The number of primary amides is 1. The highest BCUT2D eigenvalue weighted by molar-refractivity contribution is 5.91. The third-order valence-electron chi connectivity index (χ3n) is 1.80. The normalized spacial score (nSPS) is 13.1. The lowest BCUT2D eigenvalue weighted by Crippen LogP contribution is -2.51. The van der Waals surface area contributed by atoms with Crippen molar-refractivity contribution < 1.29 is 14.4 Å². The monoisotopic (exact) mass is 225 g/mol. The van der Waals surface area contributed by atoms with E-state index >= 15 is 0 Å². The van der Waals surface area contributed by atoms with Gasteiger partial charge >= 0.3 is 0 Å². The molecule has 3 amide bonds. The van der Waals surface area contributed by atoms with Gasteiger partial charge in [-0.05, 0) is 6.92 Å². The molecule has 0 bridgehead atoms. The zero-order valence-electron chi connectivity index (χ0n) is 9.24. The Bertz CT molecular complexity index is 333. The van der Waals surface area contributed by atoms with E-state index < -0.39 is 23.9 Å². The first-order valence-corrected chi connectivity index (χ1v) is 4.68.